The highest BCUT2D eigenvalue weighted by Crippen LogP contribution is 2.17. The van der Waals surface area contributed by atoms with Crippen molar-refractivity contribution in [2.75, 3.05) is 7.05 Å². The number of fused-ring (bicyclic) bond motifs is 1. The Balaban J connectivity index is 2.35. The first-order valence-electron chi connectivity index (χ1n) is 4.74. The molecule has 1 aliphatic rings. The summed E-state index contributed by atoms with van der Waals surface area (Å²) in [6, 6.07) is 0.155. The molecule has 0 spiro atoms. The molecule has 0 fully saturated rings. The Morgan fingerprint density at radius 2 is 2.57 bits per heavy atom. The van der Waals surface area contributed by atoms with Crippen LogP contribution in [0.2, 0.25) is 0 Å². The van der Waals surface area contributed by atoms with Gasteiger partial charge in [0.1, 0.15) is 0 Å². The van der Waals surface area contributed by atoms with Crippen molar-refractivity contribution in [3.63, 3.8) is 0 Å². The van der Waals surface area contributed by atoms with E-state index >= 15 is 0 Å². The third kappa shape index (κ3) is 1.39. The van der Waals surface area contributed by atoms with Crippen LogP contribution in [0.25, 0.3) is 0 Å². The second-order valence-corrected chi connectivity index (χ2v) is 3.56. The van der Waals surface area contributed by atoms with Gasteiger partial charge in [0.15, 0.2) is 0 Å². The molecule has 14 heavy (non-hydrogen) atoms. The average molecular weight is 194 g/mol. The molecule has 0 radical (unpaired) electrons. The van der Waals surface area contributed by atoms with Crippen LogP contribution >= 0.6 is 0 Å². The number of hydrogen-bond acceptors (Lipinski definition) is 3. The van der Waals surface area contributed by atoms with Crippen molar-refractivity contribution in [1.82, 2.24) is 15.1 Å². The van der Waals surface area contributed by atoms with Gasteiger partial charge < -0.3 is 11.1 Å². The molecular weight excluding hydrogens is 180 g/mol. The number of carbonyl (C=O) groups excluding carboxylic acids is 1. The van der Waals surface area contributed by atoms with Crippen molar-refractivity contribution in [3.05, 3.63) is 17.5 Å². The number of amides is 1. The van der Waals surface area contributed by atoms with Gasteiger partial charge in [-0.1, -0.05) is 0 Å². The smallest absolute Gasteiger partial charge is 0.254 e. The molecule has 3 N–H and O–H groups in total. The summed E-state index contributed by atoms with van der Waals surface area (Å²) < 4.78 is 1.87. The number of rotatable bonds is 1. The van der Waals surface area contributed by atoms with Crippen molar-refractivity contribution in [2.45, 2.75) is 25.4 Å². The molecule has 76 valence electrons. The SMILES string of the molecule is CNC(=O)c1cnn2c1CC(N)CC2. The molecule has 0 saturated carbocycles. The highest BCUT2D eigenvalue weighted by molar-refractivity contribution is 5.94. The van der Waals surface area contributed by atoms with E-state index in [0.29, 0.717) is 5.56 Å². The summed E-state index contributed by atoms with van der Waals surface area (Å²) in [4.78, 5) is 11.4. The van der Waals surface area contributed by atoms with Crippen molar-refractivity contribution >= 4 is 5.91 Å². The fourth-order valence-corrected chi connectivity index (χ4v) is 1.78. The standard InChI is InChI=1S/C9H14N4O/c1-11-9(14)7-5-12-13-3-2-6(10)4-8(7)13/h5-6H,2-4,10H2,1H3,(H,11,14). The monoisotopic (exact) mass is 194 g/mol. The van der Waals surface area contributed by atoms with Gasteiger partial charge in [0.25, 0.3) is 5.91 Å². The zero-order valence-electron chi connectivity index (χ0n) is 8.16. The first kappa shape index (κ1) is 9.21. The van der Waals surface area contributed by atoms with Crippen LogP contribution in [0, 0.1) is 0 Å². The normalized spacial score (nSPS) is 20.3. The van der Waals surface area contributed by atoms with Crippen molar-refractivity contribution < 1.29 is 4.79 Å². The third-order valence-electron chi connectivity index (χ3n) is 2.59. The van der Waals surface area contributed by atoms with Gasteiger partial charge >= 0.3 is 0 Å². The Bertz CT molecular complexity index is 358. The summed E-state index contributed by atoms with van der Waals surface area (Å²) in [7, 11) is 1.62. The third-order valence-corrected chi connectivity index (χ3v) is 2.59. The van der Waals surface area contributed by atoms with Crippen LogP contribution in [-0.2, 0) is 13.0 Å². The molecule has 5 nitrogen and oxygen atoms in total. The van der Waals surface area contributed by atoms with Gasteiger partial charge in [0.2, 0.25) is 0 Å². The van der Waals surface area contributed by atoms with E-state index < -0.39 is 0 Å². The Morgan fingerprint density at radius 3 is 3.29 bits per heavy atom. The first-order valence-corrected chi connectivity index (χ1v) is 4.74. The predicted molar refractivity (Wildman–Crippen MR) is 51.9 cm³/mol. The number of hydrogen-bond donors (Lipinski definition) is 2. The van der Waals surface area contributed by atoms with Crippen molar-refractivity contribution in [1.29, 1.82) is 0 Å². The topological polar surface area (TPSA) is 72.9 Å². The lowest BCUT2D eigenvalue weighted by molar-refractivity contribution is 0.0961. The maximum atomic E-state index is 11.4. The Hall–Kier alpha value is -1.36. The zero-order valence-corrected chi connectivity index (χ0v) is 8.16. The molecule has 0 bridgehead atoms. The van der Waals surface area contributed by atoms with Crippen LogP contribution in [0.1, 0.15) is 22.5 Å². The minimum Gasteiger partial charge on any atom is -0.355 e. The van der Waals surface area contributed by atoms with E-state index in [1.165, 1.54) is 0 Å². The van der Waals surface area contributed by atoms with Gasteiger partial charge in [-0.25, -0.2) is 0 Å². The summed E-state index contributed by atoms with van der Waals surface area (Å²) in [5, 5.41) is 6.76. The summed E-state index contributed by atoms with van der Waals surface area (Å²) in [5.41, 5.74) is 7.46. The lowest BCUT2D eigenvalue weighted by Gasteiger charge is -2.20. The first-order chi connectivity index (χ1) is 6.72. The van der Waals surface area contributed by atoms with Crippen LogP contribution < -0.4 is 11.1 Å². The van der Waals surface area contributed by atoms with Crippen LogP contribution in [0.3, 0.4) is 0 Å². The second kappa shape index (κ2) is 3.42. The second-order valence-electron chi connectivity index (χ2n) is 3.56. The molecule has 1 unspecified atom stereocenters. The summed E-state index contributed by atoms with van der Waals surface area (Å²) in [5.74, 6) is -0.0830. The number of aryl methyl sites for hydroxylation is 1. The number of nitrogens with two attached hydrogens (primary N) is 1. The van der Waals surface area contributed by atoms with E-state index in [-0.39, 0.29) is 11.9 Å². The van der Waals surface area contributed by atoms with Crippen LogP contribution in [0.4, 0.5) is 0 Å². The maximum Gasteiger partial charge on any atom is 0.254 e. The Labute approximate surface area is 82.3 Å². The molecule has 1 aliphatic heterocycles. The average Bonchev–Trinajstić information content (AvgIpc) is 2.59. The maximum absolute atomic E-state index is 11.4. The van der Waals surface area contributed by atoms with Gasteiger partial charge in [-0.3, -0.25) is 9.48 Å². The molecule has 1 aromatic rings. The highest BCUT2D eigenvalue weighted by atomic mass is 16.1. The molecule has 1 amide bonds. The van der Waals surface area contributed by atoms with Gasteiger partial charge in [-0.2, -0.15) is 5.10 Å². The molecule has 0 saturated heterocycles. The minimum atomic E-state index is -0.0830. The zero-order chi connectivity index (χ0) is 10.1. The van der Waals surface area contributed by atoms with E-state index in [0.717, 1.165) is 25.1 Å². The van der Waals surface area contributed by atoms with Crippen molar-refractivity contribution in [3.8, 4) is 0 Å². The minimum absolute atomic E-state index is 0.0830. The van der Waals surface area contributed by atoms with Gasteiger partial charge in [0.05, 0.1) is 17.5 Å². The molecule has 2 rings (SSSR count). The van der Waals surface area contributed by atoms with Crippen LogP contribution in [-0.4, -0.2) is 28.8 Å². The van der Waals surface area contributed by atoms with E-state index in [2.05, 4.69) is 10.4 Å². The molecule has 1 aromatic heterocycles. The summed E-state index contributed by atoms with van der Waals surface area (Å²) in [6.45, 7) is 0.813. The molecule has 0 aliphatic carbocycles. The fourth-order valence-electron chi connectivity index (χ4n) is 1.78. The Kier molecular flexibility index (Phi) is 2.25. The molecule has 0 aromatic carbocycles. The fraction of sp³-hybridized carbons (Fsp3) is 0.556. The van der Waals surface area contributed by atoms with E-state index in [9.17, 15) is 4.79 Å². The quantitative estimate of drug-likeness (QED) is 0.634. The molecule has 5 heteroatoms. The highest BCUT2D eigenvalue weighted by Gasteiger charge is 2.22. The van der Waals surface area contributed by atoms with Gasteiger partial charge in [0, 0.05) is 26.1 Å². The van der Waals surface area contributed by atoms with E-state index in [1.807, 2.05) is 4.68 Å². The molecule has 2 heterocycles. The van der Waals surface area contributed by atoms with Gasteiger partial charge in [-0.15, -0.1) is 0 Å². The lowest BCUT2D eigenvalue weighted by atomic mass is 10.0. The van der Waals surface area contributed by atoms with Crippen LogP contribution in [0.5, 0.6) is 0 Å². The van der Waals surface area contributed by atoms with Gasteiger partial charge in [-0.05, 0) is 6.42 Å². The molecule has 1 atom stereocenters. The van der Waals surface area contributed by atoms with E-state index in [1.54, 1.807) is 13.2 Å². The predicted octanol–water partition coefficient (Wildman–Crippen LogP) is -0.484. The lowest BCUT2D eigenvalue weighted by Crippen LogP contribution is -2.32. The molecular formula is C9H14N4O. The summed E-state index contributed by atoms with van der Waals surface area (Å²) >= 11 is 0. The van der Waals surface area contributed by atoms with Crippen LogP contribution in [0.15, 0.2) is 6.20 Å². The van der Waals surface area contributed by atoms with E-state index in [4.69, 9.17) is 5.73 Å². The number of aromatic nitrogens is 2. The number of carbonyl (C=O) groups is 1. The summed E-state index contributed by atoms with van der Waals surface area (Å²) in [6.07, 6.45) is 3.29. The Morgan fingerprint density at radius 1 is 1.79 bits per heavy atom. The largest absolute Gasteiger partial charge is 0.355 e. The number of nitrogens with zero attached hydrogens (tertiary/aromatic N) is 2. The van der Waals surface area contributed by atoms with Crippen molar-refractivity contribution in [2.24, 2.45) is 5.73 Å². The number of nitrogens with one attached hydrogen (secondary N) is 1.